The molecule has 0 bridgehead atoms. The van der Waals surface area contributed by atoms with Crippen LogP contribution in [0.5, 0.6) is 0 Å². The van der Waals surface area contributed by atoms with E-state index >= 15 is 0 Å². The van der Waals surface area contributed by atoms with Gasteiger partial charge in [0.25, 0.3) is 0 Å². The second kappa shape index (κ2) is 21.6. The number of anilines is 1. The third kappa shape index (κ3) is 12.7. The van der Waals surface area contributed by atoms with E-state index in [0.717, 1.165) is 5.88 Å². The summed E-state index contributed by atoms with van der Waals surface area (Å²) in [7, 11) is 0. The third-order valence-electron chi connectivity index (χ3n) is 7.73. The van der Waals surface area contributed by atoms with Crippen LogP contribution >= 0.6 is 47.0 Å². The topological polar surface area (TPSA) is 3.24 Å². The van der Waals surface area contributed by atoms with E-state index in [9.17, 15) is 0 Å². The Balaban J connectivity index is 1.37. The van der Waals surface area contributed by atoms with Crippen molar-refractivity contribution < 1.29 is 0 Å². The number of hydrogen-bond acceptors (Lipinski definition) is 5. The molecule has 220 valence electrons. The first-order valence-corrected chi connectivity index (χ1v) is 20.5. The number of rotatable bonds is 24. The van der Waals surface area contributed by atoms with Crippen LogP contribution in [0.2, 0.25) is 0 Å². The van der Waals surface area contributed by atoms with E-state index < -0.39 is 0 Å². The van der Waals surface area contributed by atoms with Gasteiger partial charge < -0.3 is 4.90 Å². The van der Waals surface area contributed by atoms with E-state index in [1.54, 1.807) is 5.56 Å². The van der Waals surface area contributed by atoms with Gasteiger partial charge in [0.15, 0.2) is 0 Å². The summed E-state index contributed by atoms with van der Waals surface area (Å²) in [6.07, 6.45) is 16.9. The van der Waals surface area contributed by atoms with Crippen LogP contribution in [0, 0.1) is 0 Å². The first-order valence-electron chi connectivity index (χ1n) is 15.9. The first kappa shape index (κ1) is 33.4. The van der Waals surface area contributed by atoms with Gasteiger partial charge >= 0.3 is 0 Å². The molecule has 1 aliphatic heterocycles. The van der Waals surface area contributed by atoms with Crippen molar-refractivity contribution in [3.8, 4) is 0 Å². The van der Waals surface area contributed by atoms with Crippen molar-refractivity contribution in [2.24, 2.45) is 0 Å². The van der Waals surface area contributed by atoms with Crippen LogP contribution in [-0.4, -0.2) is 52.7 Å². The van der Waals surface area contributed by atoms with Gasteiger partial charge in [0.2, 0.25) is 0 Å². The summed E-state index contributed by atoms with van der Waals surface area (Å²) in [5.74, 6) is 10.9. The van der Waals surface area contributed by atoms with Gasteiger partial charge in [-0.3, -0.25) is 0 Å². The van der Waals surface area contributed by atoms with Gasteiger partial charge in [-0.05, 0) is 41.4 Å². The molecule has 1 unspecified atom stereocenters. The van der Waals surface area contributed by atoms with Crippen LogP contribution in [0.25, 0.3) is 10.8 Å². The molecule has 1 heterocycles. The van der Waals surface area contributed by atoms with Crippen molar-refractivity contribution in [3.05, 3.63) is 42.0 Å². The highest BCUT2D eigenvalue weighted by Gasteiger charge is 2.26. The zero-order valence-electron chi connectivity index (χ0n) is 25.0. The Bertz CT molecular complexity index is 822. The Morgan fingerprint density at radius 2 is 1.18 bits per heavy atom. The van der Waals surface area contributed by atoms with Crippen molar-refractivity contribution >= 4 is 63.5 Å². The maximum absolute atomic E-state index is 2.69. The first-order chi connectivity index (χ1) is 19.3. The highest BCUT2D eigenvalue weighted by molar-refractivity contribution is 8.03. The molecule has 0 fully saturated rings. The molecule has 0 saturated carbocycles. The van der Waals surface area contributed by atoms with E-state index in [-0.39, 0.29) is 0 Å². The van der Waals surface area contributed by atoms with Crippen LogP contribution in [0.1, 0.15) is 102 Å². The molecule has 0 spiro atoms. The molecule has 5 heteroatoms. The fraction of sp³-hybridized carbons (Fsp3) is 0.706. The lowest BCUT2D eigenvalue weighted by molar-refractivity contribution is 0.627. The summed E-state index contributed by atoms with van der Waals surface area (Å²) < 4.78 is 0. The number of hydrogen-bond donors (Lipinski definition) is 0. The molecule has 0 aliphatic carbocycles. The smallest absolute Gasteiger partial charge is 0.0640 e. The Hall–Kier alpha value is -0.100. The zero-order valence-corrected chi connectivity index (χ0v) is 28.2. The summed E-state index contributed by atoms with van der Waals surface area (Å²) in [4.78, 5) is 2.69. The Kier molecular flexibility index (Phi) is 18.5. The normalized spacial score (nSPS) is 14.9. The summed E-state index contributed by atoms with van der Waals surface area (Å²) in [5.41, 5.74) is 3.05. The van der Waals surface area contributed by atoms with Gasteiger partial charge in [-0.15, -0.1) is 11.8 Å². The number of thioether (sulfide) groups is 4. The summed E-state index contributed by atoms with van der Waals surface area (Å²) in [5, 5.41) is 2.94. The molecule has 1 aliphatic rings. The molecule has 0 saturated heterocycles. The molecule has 3 rings (SSSR count). The number of nitrogens with zero attached hydrogens (tertiary/aromatic N) is 1. The molecule has 0 N–H and O–H groups in total. The minimum absolute atomic E-state index is 0.639. The summed E-state index contributed by atoms with van der Waals surface area (Å²) >= 11 is 8.66. The summed E-state index contributed by atoms with van der Waals surface area (Å²) in [6.45, 7) is 5.77. The average molecular weight is 606 g/mol. The van der Waals surface area contributed by atoms with Crippen LogP contribution < -0.4 is 4.90 Å². The fourth-order valence-corrected chi connectivity index (χ4v) is 9.93. The molecule has 0 radical (unpaired) electrons. The molecule has 1 atom stereocenters. The minimum Gasteiger partial charge on any atom is -0.361 e. The standard InChI is InChI=1S/C34H55NS4/c1-3-5-7-9-11-13-21-36-23-25-38-28-31-27-35(29-39-26-24-37-22-14-12-10-8-6-4-2)33-20-16-18-30-17-15-19-32(31)34(30)33/h15-20,31H,3-14,21-29H2,1-2H3. The van der Waals surface area contributed by atoms with Gasteiger partial charge in [0.1, 0.15) is 0 Å². The van der Waals surface area contributed by atoms with Crippen molar-refractivity contribution in [2.45, 2.75) is 96.8 Å². The molecule has 2 aromatic rings. The molecule has 2 aromatic carbocycles. The second-order valence-corrected chi connectivity index (χ2v) is 15.7. The van der Waals surface area contributed by atoms with Gasteiger partial charge in [-0.25, -0.2) is 0 Å². The van der Waals surface area contributed by atoms with Crippen LogP contribution in [-0.2, 0) is 0 Å². The minimum atomic E-state index is 0.639. The molecule has 0 amide bonds. The van der Waals surface area contributed by atoms with Crippen molar-refractivity contribution in [1.82, 2.24) is 0 Å². The van der Waals surface area contributed by atoms with Crippen molar-refractivity contribution in [2.75, 3.05) is 57.6 Å². The Labute approximate surface area is 258 Å². The molecular weight excluding hydrogens is 551 g/mol. The molecule has 1 nitrogen and oxygen atoms in total. The monoisotopic (exact) mass is 605 g/mol. The zero-order chi connectivity index (χ0) is 27.4. The third-order valence-corrected chi connectivity index (χ3v) is 12.5. The SMILES string of the molecule is CCCCCCCCSCCSCC1CN(CSCCSCCCCCCCC)c2cccc3cccc1c23. The molecule has 0 aromatic heterocycles. The van der Waals surface area contributed by atoms with E-state index in [0.29, 0.717) is 5.92 Å². The van der Waals surface area contributed by atoms with Crippen molar-refractivity contribution in [1.29, 1.82) is 0 Å². The largest absolute Gasteiger partial charge is 0.361 e. The second-order valence-electron chi connectivity index (χ2n) is 11.0. The van der Waals surface area contributed by atoms with Gasteiger partial charge in [-0.2, -0.15) is 35.3 Å². The highest BCUT2D eigenvalue weighted by atomic mass is 32.2. The Morgan fingerprint density at radius 3 is 1.85 bits per heavy atom. The van der Waals surface area contributed by atoms with E-state index in [2.05, 4.69) is 102 Å². The number of benzene rings is 2. The lowest BCUT2D eigenvalue weighted by Gasteiger charge is -2.36. The highest BCUT2D eigenvalue weighted by Crippen LogP contribution is 2.41. The van der Waals surface area contributed by atoms with Crippen LogP contribution in [0.15, 0.2) is 36.4 Å². The van der Waals surface area contributed by atoms with Gasteiger partial charge in [0, 0.05) is 52.3 Å². The molecule has 39 heavy (non-hydrogen) atoms. The lowest BCUT2D eigenvalue weighted by atomic mass is 9.89. The summed E-state index contributed by atoms with van der Waals surface area (Å²) in [6, 6.07) is 13.9. The fourth-order valence-electron chi connectivity index (χ4n) is 5.49. The van der Waals surface area contributed by atoms with Crippen molar-refractivity contribution in [3.63, 3.8) is 0 Å². The quantitative estimate of drug-likeness (QED) is 0.109. The van der Waals surface area contributed by atoms with E-state index in [1.165, 1.54) is 140 Å². The van der Waals surface area contributed by atoms with Gasteiger partial charge in [-0.1, -0.05) is 108 Å². The van der Waals surface area contributed by atoms with E-state index in [4.69, 9.17) is 0 Å². The van der Waals surface area contributed by atoms with Crippen LogP contribution in [0.4, 0.5) is 5.69 Å². The average Bonchev–Trinajstić information content (AvgIpc) is 2.96. The lowest BCUT2D eigenvalue weighted by Crippen LogP contribution is -2.33. The van der Waals surface area contributed by atoms with Crippen LogP contribution in [0.3, 0.4) is 0 Å². The predicted octanol–water partition coefficient (Wildman–Crippen LogP) is 11.4. The maximum Gasteiger partial charge on any atom is 0.0640 e. The Morgan fingerprint density at radius 1 is 0.615 bits per heavy atom. The van der Waals surface area contributed by atoms with E-state index in [1.807, 2.05) is 0 Å². The van der Waals surface area contributed by atoms with Gasteiger partial charge in [0.05, 0.1) is 5.88 Å². The predicted molar refractivity (Wildman–Crippen MR) is 190 cm³/mol. The number of unbranched alkanes of at least 4 members (excludes halogenated alkanes) is 10. The molecular formula is C34H55NS4. The maximum atomic E-state index is 2.69.